The molecular weight excluding hydrogens is 632 g/mol. The molecule has 0 aliphatic carbocycles. The molecule has 7 rings (SSSR count). The molecule has 4 aromatic rings. The van der Waals surface area contributed by atoms with Gasteiger partial charge < -0.3 is 15.4 Å². The highest BCUT2D eigenvalue weighted by atomic mass is 16.5. The molecule has 1 aromatic carbocycles. The van der Waals surface area contributed by atoms with Crippen molar-refractivity contribution in [2.24, 2.45) is 12.5 Å². The van der Waals surface area contributed by atoms with Crippen LogP contribution in [0.3, 0.4) is 0 Å². The number of ether oxygens (including phenoxy) is 1. The van der Waals surface area contributed by atoms with Crippen LogP contribution in [0.15, 0.2) is 67.1 Å². The first-order valence-electron chi connectivity index (χ1n) is 17.0. The van der Waals surface area contributed by atoms with E-state index in [4.69, 9.17) is 20.9 Å². The monoisotopic (exact) mass is 674 g/mol. The molecule has 3 aromatic heterocycles. The van der Waals surface area contributed by atoms with Gasteiger partial charge in [0.15, 0.2) is 5.82 Å². The fourth-order valence-corrected chi connectivity index (χ4v) is 7.05. The second kappa shape index (κ2) is 13.5. The molecule has 0 radical (unpaired) electrons. The Morgan fingerprint density at radius 2 is 1.80 bits per heavy atom. The summed E-state index contributed by atoms with van der Waals surface area (Å²) in [6.45, 7) is 7.11. The van der Waals surface area contributed by atoms with Crippen LogP contribution in [0.1, 0.15) is 49.9 Å². The predicted octanol–water partition coefficient (Wildman–Crippen LogP) is 3.80. The second-order valence-electron chi connectivity index (χ2n) is 13.6. The number of nitrogens with two attached hydrogens (primary N) is 1. The van der Waals surface area contributed by atoms with Gasteiger partial charge in [0, 0.05) is 56.6 Å². The summed E-state index contributed by atoms with van der Waals surface area (Å²) < 4.78 is 7.31. The fourth-order valence-electron chi connectivity index (χ4n) is 7.05. The van der Waals surface area contributed by atoms with E-state index in [2.05, 4.69) is 38.2 Å². The van der Waals surface area contributed by atoms with Gasteiger partial charge >= 0.3 is 0 Å². The summed E-state index contributed by atoms with van der Waals surface area (Å²) in [7, 11) is 1.85. The van der Waals surface area contributed by atoms with E-state index < -0.39 is 5.41 Å². The largest absolute Gasteiger partial charge is 0.475 e. The minimum absolute atomic E-state index is 0.00875. The Hall–Kier alpha value is -5.43. The first-order valence-corrected chi connectivity index (χ1v) is 17.0. The molecule has 2 saturated heterocycles. The Morgan fingerprint density at radius 3 is 2.48 bits per heavy atom. The van der Waals surface area contributed by atoms with Gasteiger partial charge in [-0.2, -0.15) is 5.10 Å². The zero-order valence-corrected chi connectivity index (χ0v) is 28.7. The molecule has 2 amide bonds. The quantitative estimate of drug-likeness (QED) is 0.252. The van der Waals surface area contributed by atoms with Crippen LogP contribution in [0.4, 0.5) is 11.5 Å². The molecule has 6 heterocycles. The van der Waals surface area contributed by atoms with Gasteiger partial charge in [-0.05, 0) is 69.0 Å². The SMILES string of the molecule is CC(C)Oc1ccc(C(=N)c2nc(N3CC[C@]4(CCN(CC(=O)N5CC=C(c6ccc(-c7ncn(C)n7)cc6)CC5)C4)C3=O)ccc2N)cn1. The Morgan fingerprint density at radius 1 is 1.02 bits per heavy atom. The van der Waals surface area contributed by atoms with E-state index in [1.54, 1.807) is 46.4 Å². The van der Waals surface area contributed by atoms with Gasteiger partial charge in [-0.1, -0.05) is 30.3 Å². The van der Waals surface area contributed by atoms with Crippen LogP contribution >= 0.6 is 0 Å². The molecule has 1 spiro atoms. The van der Waals surface area contributed by atoms with E-state index in [1.165, 1.54) is 5.57 Å². The first-order chi connectivity index (χ1) is 24.1. The smallest absolute Gasteiger partial charge is 0.237 e. The number of likely N-dealkylation sites (tertiary alicyclic amines) is 1. The minimum Gasteiger partial charge on any atom is -0.475 e. The number of hydrogen-bond donors (Lipinski definition) is 2. The third kappa shape index (κ3) is 6.60. The average Bonchev–Trinajstić information content (AvgIpc) is 3.83. The molecule has 13 nitrogen and oxygen atoms in total. The molecule has 13 heteroatoms. The Balaban J connectivity index is 0.951. The molecule has 0 unspecified atom stereocenters. The van der Waals surface area contributed by atoms with E-state index in [9.17, 15) is 9.59 Å². The van der Waals surface area contributed by atoms with Crippen LogP contribution in [0.2, 0.25) is 0 Å². The Bertz CT molecular complexity index is 1950. The number of rotatable bonds is 9. The van der Waals surface area contributed by atoms with Crippen LogP contribution in [0.5, 0.6) is 5.88 Å². The maximum absolute atomic E-state index is 13.9. The molecule has 0 saturated carbocycles. The van der Waals surface area contributed by atoms with Gasteiger partial charge in [0.1, 0.15) is 17.8 Å². The third-order valence-corrected chi connectivity index (χ3v) is 9.79. The van der Waals surface area contributed by atoms with Crippen molar-refractivity contribution in [1.29, 1.82) is 5.41 Å². The number of amides is 2. The molecule has 1 atom stereocenters. The first kappa shape index (κ1) is 33.1. The van der Waals surface area contributed by atoms with E-state index in [-0.39, 0.29) is 23.6 Å². The maximum Gasteiger partial charge on any atom is 0.237 e. The number of nitrogen functional groups attached to an aromatic ring is 1. The second-order valence-corrected chi connectivity index (χ2v) is 13.6. The molecule has 3 N–H and O–H groups in total. The standard InChI is InChI=1S/C37H42N10O3/c1-24(2)50-31-11-8-28(20-40-31)33(39)34-29(38)9-10-30(42-34)47-19-15-37(36(47)49)14-18-45(22-37)21-32(48)46-16-12-26(13-17-46)25-4-6-27(7-5-25)35-41-23-44(3)43-35/h4-12,20,23-24,39H,13-19,21-22,38H2,1-3H3/t37-/m0/s1. The van der Waals surface area contributed by atoms with Crippen molar-refractivity contribution in [3.05, 3.63) is 84.0 Å². The number of nitrogens with one attached hydrogen (secondary N) is 1. The summed E-state index contributed by atoms with van der Waals surface area (Å²) in [5.41, 5.74) is 10.4. The minimum atomic E-state index is -0.556. The normalized spacial score (nSPS) is 19.4. The number of pyridine rings is 2. The maximum atomic E-state index is 13.9. The lowest BCUT2D eigenvalue weighted by molar-refractivity contribution is -0.132. The molecule has 50 heavy (non-hydrogen) atoms. The van der Waals surface area contributed by atoms with Crippen molar-refractivity contribution in [1.82, 2.24) is 34.5 Å². The average molecular weight is 675 g/mol. The lowest BCUT2D eigenvalue weighted by atomic mass is 9.85. The summed E-state index contributed by atoms with van der Waals surface area (Å²) in [6, 6.07) is 15.2. The van der Waals surface area contributed by atoms with E-state index in [0.717, 1.165) is 17.5 Å². The van der Waals surface area contributed by atoms with E-state index in [1.807, 2.05) is 37.9 Å². The lowest BCUT2D eigenvalue weighted by Crippen LogP contribution is -2.43. The number of benzene rings is 1. The topological polar surface area (TPSA) is 159 Å². The van der Waals surface area contributed by atoms with Crippen molar-refractivity contribution < 1.29 is 14.3 Å². The van der Waals surface area contributed by atoms with Crippen LogP contribution in [-0.2, 0) is 16.6 Å². The van der Waals surface area contributed by atoms with Gasteiger partial charge in [0.2, 0.25) is 17.7 Å². The van der Waals surface area contributed by atoms with Gasteiger partial charge in [-0.15, -0.1) is 0 Å². The zero-order chi connectivity index (χ0) is 35.0. The predicted molar refractivity (Wildman–Crippen MR) is 191 cm³/mol. The van der Waals surface area contributed by atoms with Crippen LogP contribution in [0.25, 0.3) is 17.0 Å². The number of hydrogen-bond acceptors (Lipinski definition) is 10. The lowest BCUT2D eigenvalue weighted by Gasteiger charge is -2.29. The Kier molecular flexibility index (Phi) is 8.91. The Labute approximate surface area is 291 Å². The molecule has 3 aliphatic heterocycles. The summed E-state index contributed by atoms with van der Waals surface area (Å²) in [5.74, 6) is 1.74. The summed E-state index contributed by atoms with van der Waals surface area (Å²) in [6.07, 6.45) is 7.54. The van der Waals surface area contributed by atoms with Crippen LogP contribution in [0, 0.1) is 10.8 Å². The molecule has 2 fully saturated rings. The number of carbonyl (C=O) groups is 2. The van der Waals surface area contributed by atoms with Crippen molar-refractivity contribution in [2.45, 2.75) is 39.2 Å². The number of carbonyl (C=O) groups excluding carboxylic acids is 2. The summed E-state index contributed by atoms with van der Waals surface area (Å²) >= 11 is 0. The highest BCUT2D eigenvalue weighted by Gasteiger charge is 2.51. The van der Waals surface area contributed by atoms with E-state index >= 15 is 0 Å². The third-order valence-electron chi connectivity index (χ3n) is 9.79. The number of nitrogens with zero attached hydrogens (tertiary/aromatic N) is 8. The summed E-state index contributed by atoms with van der Waals surface area (Å²) in [4.78, 5) is 46.4. The highest BCUT2D eigenvalue weighted by Crippen LogP contribution is 2.42. The van der Waals surface area contributed by atoms with Crippen LogP contribution in [-0.4, -0.2) is 97.4 Å². The van der Waals surface area contributed by atoms with Gasteiger partial charge in [0.25, 0.3) is 0 Å². The molecule has 3 aliphatic rings. The highest BCUT2D eigenvalue weighted by molar-refractivity contribution is 6.12. The fraction of sp³-hybridized carbons (Fsp3) is 0.378. The summed E-state index contributed by atoms with van der Waals surface area (Å²) in [5, 5.41) is 13.2. The molecule has 0 bridgehead atoms. The number of anilines is 2. The van der Waals surface area contributed by atoms with Crippen LogP contribution < -0.4 is 15.4 Å². The van der Waals surface area contributed by atoms with Gasteiger partial charge in [-0.3, -0.25) is 29.5 Å². The van der Waals surface area contributed by atoms with Gasteiger partial charge in [-0.25, -0.2) is 15.0 Å². The molecular formula is C37H42N10O3. The van der Waals surface area contributed by atoms with Crippen molar-refractivity contribution in [3.8, 4) is 17.3 Å². The van der Waals surface area contributed by atoms with Crippen molar-refractivity contribution >= 4 is 34.6 Å². The van der Waals surface area contributed by atoms with Crippen molar-refractivity contribution in [3.63, 3.8) is 0 Å². The zero-order valence-electron chi connectivity index (χ0n) is 28.7. The number of aryl methyl sites for hydroxylation is 1. The van der Waals surface area contributed by atoms with E-state index in [0.29, 0.717) is 86.6 Å². The van der Waals surface area contributed by atoms with Gasteiger partial charge in [0.05, 0.1) is 29.5 Å². The molecule has 258 valence electrons. The van der Waals surface area contributed by atoms with Crippen molar-refractivity contribution in [2.75, 3.05) is 49.9 Å². The number of aromatic nitrogens is 5.